The Morgan fingerprint density at radius 2 is 1.85 bits per heavy atom. The molecule has 0 radical (unpaired) electrons. The molecule has 1 aromatic rings. The van der Waals surface area contributed by atoms with Crippen molar-refractivity contribution in [3.63, 3.8) is 0 Å². The van der Waals surface area contributed by atoms with Crippen LogP contribution in [0, 0.1) is 11.7 Å². The second-order valence-electron chi connectivity index (χ2n) is 5.88. The molecule has 0 aliphatic carbocycles. The second-order valence-corrected chi connectivity index (χ2v) is 5.88. The first-order valence-corrected chi connectivity index (χ1v) is 7.59. The van der Waals surface area contributed by atoms with Crippen LogP contribution < -0.4 is 10.2 Å². The summed E-state index contributed by atoms with van der Waals surface area (Å²) in [5.74, 6) is 0.590. The van der Waals surface area contributed by atoms with Gasteiger partial charge in [0.1, 0.15) is 5.82 Å². The number of anilines is 1. The van der Waals surface area contributed by atoms with E-state index >= 15 is 0 Å². The lowest BCUT2D eigenvalue weighted by atomic mass is 10.2. The first-order valence-electron chi connectivity index (χ1n) is 7.59. The number of halogens is 1. The summed E-state index contributed by atoms with van der Waals surface area (Å²) in [6.45, 7) is 11.5. The molecule has 0 unspecified atom stereocenters. The third-order valence-electron chi connectivity index (χ3n) is 3.72. The smallest absolute Gasteiger partial charge is 0.146 e. The van der Waals surface area contributed by atoms with Gasteiger partial charge in [0.2, 0.25) is 0 Å². The van der Waals surface area contributed by atoms with E-state index in [4.69, 9.17) is 0 Å². The van der Waals surface area contributed by atoms with Gasteiger partial charge in [0.05, 0.1) is 5.69 Å². The number of nitrogens with one attached hydrogen (secondary N) is 1. The largest absolute Gasteiger partial charge is 0.367 e. The highest BCUT2D eigenvalue weighted by Gasteiger charge is 2.18. The topological polar surface area (TPSA) is 18.5 Å². The molecule has 0 bridgehead atoms. The minimum absolute atomic E-state index is 0.112. The average Bonchev–Trinajstić information content (AvgIpc) is 2.45. The van der Waals surface area contributed by atoms with Crippen molar-refractivity contribution in [2.75, 3.05) is 50.7 Å². The first-order chi connectivity index (χ1) is 9.66. The van der Waals surface area contributed by atoms with E-state index in [1.54, 1.807) is 6.07 Å². The molecule has 4 heteroatoms. The number of rotatable bonds is 6. The molecular weight excluding hydrogens is 253 g/mol. The molecule has 0 spiro atoms. The summed E-state index contributed by atoms with van der Waals surface area (Å²) >= 11 is 0. The molecule has 1 aliphatic heterocycles. The van der Waals surface area contributed by atoms with Crippen molar-refractivity contribution >= 4 is 5.69 Å². The van der Waals surface area contributed by atoms with Gasteiger partial charge in [0, 0.05) is 39.3 Å². The molecule has 112 valence electrons. The van der Waals surface area contributed by atoms with E-state index in [0.29, 0.717) is 5.92 Å². The summed E-state index contributed by atoms with van der Waals surface area (Å²) in [4.78, 5) is 4.60. The standard InChI is InChI=1S/C16H26FN3/c1-14(2)13-18-7-8-19-9-11-20(12-10-19)16-6-4-3-5-15(16)17/h3-6,14,18H,7-13H2,1-2H3. The Morgan fingerprint density at radius 1 is 1.15 bits per heavy atom. The van der Waals surface area contributed by atoms with Crippen LogP contribution in [0.2, 0.25) is 0 Å². The van der Waals surface area contributed by atoms with Crippen LogP contribution in [0.25, 0.3) is 0 Å². The van der Waals surface area contributed by atoms with Crippen molar-refractivity contribution in [2.24, 2.45) is 5.92 Å². The molecule has 20 heavy (non-hydrogen) atoms. The summed E-state index contributed by atoms with van der Waals surface area (Å²) in [6.07, 6.45) is 0. The van der Waals surface area contributed by atoms with E-state index in [1.807, 2.05) is 12.1 Å². The van der Waals surface area contributed by atoms with Crippen molar-refractivity contribution in [2.45, 2.75) is 13.8 Å². The molecule has 1 N–H and O–H groups in total. The lowest BCUT2D eigenvalue weighted by Gasteiger charge is -2.36. The Kier molecular flexibility index (Phi) is 5.80. The molecule has 1 aliphatic rings. The van der Waals surface area contributed by atoms with Crippen LogP contribution in [0.3, 0.4) is 0 Å². The van der Waals surface area contributed by atoms with E-state index in [1.165, 1.54) is 6.07 Å². The highest BCUT2D eigenvalue weighted by atomic mass is 19.1. The maximum atomic E-state index is 13.7. The molecular formula is C16H26FN3. The molecule has 0 amide bonds. The van der Waals surface area contributed by atoms with Gasteiger partial charge in [-0.3, -0.25) is 4.90 Å². The van der Waals surface area contributed by atoms with Crippen LogP contribution >= 0.6 is 0 Å². The van der Waals surface area contributed by atoms with E-state index in [2.05, 4.69) is 29.0 Å². The fourth-order valence-corrected chi connectivity index (χ4v) is 2.55. The average molecular weight is 279 g/mol. The van der Waals surface area contributed by atoms with Crippen molar-refractivity contribution in [1.82, 2.24) is 10.2 Å². The minimum atomic E-state index is -0.112. The quantitative estimate of drug-likeness (QED) is 0.805. The molecule has 3 nitrogen and oxygen atoms in total. The molecule has 0 saturated carbocycles. The van der Waals surface area contributed by atoms with Crippen LogP contribution in [0.4, 0.5) is 10.1 Å². The molecule has 1 fully saturated rings. The van der Waals surface area contributed by atoms with Crippen LogP contribution in [0.15, 0.2) is 24.3 Å². The van der Waals surface area contributed by atoms with E-state index < -0.39 is 0 Å². The van der Waals surface area contributed by atoms with Crippen LogP contribution in [-0.4, -0.2) is 50.7 Å². The Morgan fingerprint density at radius 3 is 2.50 bits per heavy atom. The molecule has 0 atom stereocenters. The van der Waals surface area contributed by atoms with Crippen LogP contribution in [0.5, 0.6) is 0 Å². The Hall–Kier alpha value is -1.13. The first kappa shape index (κ1) is 15.3. The summed E-state index contributed by atoms with van der Waals surface area (Å²) < 4.78 is 13.7. The molecule has 2 rings (SSSR count). The third kappa shape index (κ3) is 4.46. The summed E-state index contributed by atoms with van der Waals surface area (Å²) in [5.41, 5.74) is 0.741. The second kappa shape index (κ2) is 7.60. The predicted molar refractivity (Wildman–Crippen MR) is 82.8 cm³/mol. The van der Waals surface area contributed by atoms with Gasteiger partial charge in [0.25, 0.3) is 0 Å². The monoisotopic (exact) mass is 279 g/mol. The number of hydrogen-bond acceptors (Lipinski definition) is 3. The van der Waals surface area contributed by atoms with Gasteiger partial charge in [-0.25, -0.2) is 4.39 Å². The normalized spacial score (nSPS) is 16.9. The van der Waals surface area contributed by atoms with Gasteiger partial charge in [-0.05, 0) is 24.6 Å². The third-order valence-corrected chi connectivity index (χ3v) is 3.72. The van der Waals surface area contributed by atoms with Gasteiger partial charge in [-0.15, -0.1) is 0 Å². The highest BCUT2D eigenvalue weighted by Crippen LogP contribution is 2.19. The Balaban J connectivity index is 1.71. The summed E-state index contributed by atoms with van der Waals surface area (Å²) in [7, 11) is 0. The van der Waals surface area contributed by atoms with E-state index in [9.17, 15) is 4.39 Å². The maximum absolute atomic E-state index is 13.7. The molecule has 1 aromatic carbocycles. The van der Waals surface area contributed by atoms with Gasteiger partial charge >= 0.3 is 0 Å². The number of hydrogen-bond donors (Lipinski definition) is 1. The van der Waals surface area contributed by atoms with Crippen LogP contribution in [-0.2, 0) is 0 Å². The zero-order valence-corrected chi connectivity index (χ0v) is 12.6. The van der Waals surface area contributed by atoms with Gasteiger partial charge in [-0.1, -0.05) is 26.0 Å². The number of benzene rings is 1. The van der Waals surface area contributed by atoms with E-state index in [-0.39, 0.29) is 5.82 Å². The predicted octanol–water partition coefficient (Wildman–Crippen LogP) is 2.19. The number of piperazine rings is 1. The maximum Gasteiger partial charge on any atom is 0.146 e. The molecule has 0 aromatic heterocycles. The fourth-order valence-electron chi connectivity index (χ4n) is 2.55. The molecule has 1 heterocycles. The van der Waals surface area contributed by atoms with Gasteiger partial charge in [-0.2, -0.15) is 0 Å². The number of nitrogens with zero attached hydrogens (tertiary/aromatic N) is 2. The fraction of sp³-hybridized carbons (Fsp3) is 0.625. The molecule has 1 saturated heterocycles. The zero-order valence-electron chi connectivity index (χ0n) is 12.6. The Labute approximate surface area is 121 Å². The van der Waals surface area contributed by atoms with Crippen molar-refractivity contribution in [1.29, 1.82) is 0 Å². The van der Waals surface area contributed by atoms with Gasteiger partial charge < -0.3 is 10.2 Å². The zero-order chi connectivity index (χ0) is 14.4. The lowest BCUT2D eigenvalue weighted by Crippen LogP contribution is -2.48. The lowest BCUT2D eigenvalue weighted by molar-refractivity contribution is 0.256. The number of para-hydroxylation sites is 1. The highest BCUT2D eigenvalue weighted by molar-refractivity contribution is 5.47. The summed E-state index contributed by atoms with van der Waals surface area (Å²) in [5, 5.41) is 3.47. The van der Waals surface area contributed by atoms with Gasteiger partial charge in [0.15, 0.2) is 0 Å². The van der Waals surface area contributed by atoms with Crippen molar-refractivity contribution in [3.05, 3.63) is 30.1 Å². The Bertz CT molecular complexity index is 400. The van der Waals surface area contributed by atoms with Crippen molar-refractivity contribution in [3.8, 4) is 0 Å². The summed E-state index contributed by atoms with van der Waals surface area (Å²) in [6, 6.07) is 7.06. The van der Waals surface area contributed by atoms with E-state index in [0.717, 1.165) is 51.5 Å². The minimum Gasteiger partial charge on any atom is -0.367 e. The van der Waals surface area contributed by atoms with Crippen LogP contribution in [0.1, 0.15) is 13.8 Å². The SMILES string of the molecule is CC(C)CNCCN1CCN(c2ccccc2F)CC1. The van der Waals surface area contributed by atoms with Crippen molar-refractivity contribution < 1.29 is 4.39 Å².